The Bertz CT molecular complexity index is 738. The summed E-state index contributed by atoms with van der Waals surface area (Å²) in [5.74, 6) is -2.02. The Balaban J connectivity index is 1.71. The molecule has 1 atom stereocenters. The second-order valence-electron chi connectivity index (χ2n) is 5.57. The quantitative estimate of drug-likeness (QED) is 0.613. The van der Waals surface area contributed by atoms with Crippen molar-refractivity contribution in [3.63, 3.8) is 0 Å². The second-order valence-corrected chi connectivity index (χ2v) is 5.57. The normalized spacial score (nSPS) is 22.5. The molecule has 24 heavy (non-hydrogen) atoms. The van der Waals surface area contributed by atoms with Crippen molar-refractivity contribution >= 4 is 23.5 Å². The first-order valence-corrected chi connectivity index (χ1v) is 7.52. The van der Waals surface area contributed by atoms with Crippen LogP contribution in [0.4, 0.5) is 0 Å². The first-order chi connectivity index (χ1) is 11.5. The topological polar surface area (TPSA) is 86.0 Å². The first kappa shape index (κ1) is 16.4. The van der Waals surface area contributed by atoms with E-state index in [0.717, 1.165) is 0 Å². The van der Waals surface area contributed by atoms with Gasteiger partial charge in [-0.15, -0.1) is 0 Å². The number of ketones is 2. The van der Waals surface area contributed by atoms with Crippen LogP contribution in [0.3, 0.4) is 0 Å². The highest BCUT2D eigenvalue weighted by Crippen LogP contribution is 2.25. The zero-order valence-corrected chi connectivity index (χ0v) is 13.4. The van der Waals surface area contributed by atoms with Gasteiger partial charge in [-0.25, -0.2) is 0 Å². The maximum atomic E-state index is 12.2. The lowest BCUT2D eigenvalue weighted by atomic mass is 9.93. The number of hydrogen-bond acceptors (Lipinski definition) is 6. The summed E-state index contributed by atoms with van der Waals surface area (Å²) in [6, 6.07) is 3.35. The van der Waals surface area contributed by atoms with Gasteiger partial charge in [0.1, 0.15) is 5.76 Å². The third-order valence-corrected chi connectivity index (χ3v) is 3.94. The van der Waals surface area contributed by atoms with Gasteiger partial charge in [0.05, 0.1) is 13.2 Å². The number of ether oxygens (including phenoxy) is 2. The Hall–Kier alpha value is -2.51. The van der Waals surface area contributed by atoms with Crippen LogP contribution in [0, 0.1) is 5.92 Å². The van der Waals surface area contributed by atoms with Crippen molar-refractivity contribution in [2.75, 3.05) is 20.3 Å². The molecule has 2 aliphatic heterocycles. The van der Waals surface area contributed by atoms with E-state index in [2.05, 4.69) is 0 Å². The predicted molar refractivity (Wildman–Crippen MR) is 82.4 cm³/mol. The molecule has 0 radical (unpaired) electrons. The van der Waals surface area contributed by atoms with Gasteiger partial charge >= 0.3 is 0 Å². The molecule has 3 heterocycles. The molecule has 1 aromatic rings. The van der Waals surface area contributed by atoms with Gasteiger partial charge in [-0.05, 0) is 31.2 Å². The standard InChI is InChI=1S/C17H17NO6/c1-10-9-13(20)15(16(21)18(10)2)12(19)5-3-11-4-6-14(24-11)17-22-7-8-23-17/h3-6,9,15,17H,7-8H2,1-2H3/b5-3+. The SMILES string of the molecule is CC1=CC(=O)C(C(=O)/C=C/c2ccc(C3OCCO3)o2)C(=O)N1C. The molecule has 3 rings (SSSR count). The highest BCUT2D eigenvalue weighted by Gasteiger charge is 2.37. The first-order valence-electron chi connectivity index (χ1n) is 7.52. The van der Waals surface area contributed by atoms with Crippen LogP contribution in [0.15, 0.2) is 34.4 Å². The summed E-state index contributed by atoms with van der Waals surface area (Å²) in [6.07, 6.45) is 3.37. The van der Waals surface area contributed by atoms with E-state index in [1.54, 1.807) is 19.1 Å². The zero-order valence-electron chi connectivity index (χ0n) is 13.4. The minimum absolute atomic E-state index is 0.410. The lowest BCUT2D eigenvalue weighted by Crippen LogP contribution is -2.43. The van der Waals surface area contributed by atoms with Crippen molar-refractivity contribution in [1.82, 2.24) is 4.90 Å². The lowest BCUT2D eigenvalue weighted by molar-refractivity contribution is -0.142. The van der Waals surface area contributed by atoms with Crippen molar-refractivity contribution in [3.05, 3.63) is 41.5 Å². The number of amides is 1. The van der Waals surface area contributed by atoms with Gasteiger partial charge in [-0.3, -0.25) is 14.4 Å². The summed E-state index contributed by atoms with van der Waals surface area (Å²) < 4.78 is 16.1. The summed E-state index contributed by atoms with van der Waals surface area (Å²) in [5.41, 5.74) is 0.519. The number of hydrogen-bond donors (Lipinski definition) is 0. The maximum absolute atomic E-state index is 12.2. The Morgan fingerprint density at radius 3 is 2.67 bits per heavy atom. The Morgan fingerprint density at radius 1 is 1.25 bits per heavy atom. The molecular weight excluding hydrogens is 314 g/mol. The highest BCUT2D eigenvalue weighted by atomic mass is 16.7. The molecule has 1 amide bonds. The number of carbonyl (C=O) groups is 3. The molecule has 0 saturated carbocycles. The molecular formula is C17H17NO6. The van der Waals surface area contributed by atoms with E-state index in [4.69, 9.17) is 13.9 Å². The smallest absolute Gasteiger partial charge is 0.245 e. The third-order valence-electron chi connectivity index (χ3n) is 3.94. The fourth-order valence-corrected chi connectivity index (χ4v) is 2.50. The number of allylic oxidation sites excluding steroid dienone is 3. The van der Waals surface area contributed by atoms with Crippen molar-refractivity contribution < 1.29 is 28.3 Å². The molecule has 7 heteroatoms. The molecule has 0 spiro atoms. The van der Waals surface area contributed by atoms with Crippen LogP contribution in [0.25, 0.3) is 6.08 Å². The highest BCUT2D eigenvalue weighted by molar-refractivity contribution is 6.26. The molecule has 7 nitrogen and oxygen atoms in total. The van der Waals surface area contributed by atoms with E-state index in [-0.39, 0.29) is 0 Å². The van der Waals surface area contributed by atoms with Gasteiger partial charge in [-0.2, -0.15) is 0 Å². The third kappa shape index (κ3) is 3.08. The Kier molecular flexibility index (Phi) is 4.46. The minimum Gasteiger partial charge on any atom is -0.456 e. The van der Waals surface area contributed by atoms with Gasteiger partial charge in [0.15, 0.2) is 23.2 Å². The molecule has 0 aliphatic carbocycles. The Morgan fingerprint density at radius 2 is 1.96 bits per heavy atom. The van der Waals surface area contributed by atoms with E-state index in [1.807, 2.05) is 0 Å². The van der Waals surface area contributed by atoms with Crippen molar-refractivity contribution in [1.29, 1.82) is 0 Å². The Labute approximate surface area is 138 Å². The molecule has 1 saturated heterocycles. The van der Waals surface area contributed by atoms with E-state index in [9.17, 15) is 14.4 Å². The van der Waals surface area contributed by atoms with Gasteiger partial charge in [0.2, 0.25) is 12.2 Å². The number of furan rings is 1. The average Bonchev–Trinajstić information content (AvgIpc) is 3.21. The zero-order chi connectivity index (χ0) is 17.3. The maximum Gasteiger partial charge on any atom is 0.245 e. The molecule has 1 aromatic heterocycles. The predicted octanol–water partition coefficient (Wildman–Crippen LogP) is 1.47. The van der Waals surface area contributed by atoms with Crippen molar-refractivity contribution in [2.45, 2.75) is 13.2 Å². The van der Waals surface area contributed by atoms with Crippen LogP contribution < -0.4 is 0 Å². The van der Waals surface area contributed by atoms with Crippen molar-refractivity contribution in [2.24, 2.45) is 5.92 Å². The van der Waals surface area contributed by atoms with Crippen LogP contribution in [0.5, 0.6) is 0 Å². The molecule has 0 bridgehead atoms. The van der Waals surface area contributed by atoms with Crippen molar-refractivity contribution in [3.8, 4) is 0 Å². The van der Waals surface area contributed by atoms with Gasteiger partial charge < -0.3 is 18.8 Å². The lowest BCUT2D eigenvalue weighted by Gasteiger charge is -2.25. The number of carbonyl (C=O) groups excluding carboxylic acids is 3. The summed E-state index contributed by atoms with van der Waals surface area (Å²) >= 11 is 0. The molecule has 0 N–H and O–H groups in total. The average molecular weight is 331 g/mol. The van der Waals surface area contributed by atoms with E-state index in [0.29, 0.717) is 30.4 Å². The summed E-state index contributed by atoms with van der Waals surface area (Å²) in [5, 5.41) is 0. The van der Waals surface area contributed by atoms with Gasteiger partial charge in [0.25, 0.3) is 0 Å². The summed E-state index contributed by atoms with van der Waals surface area (Å²) in [7, 11) is 1.53. The molecule has 1 unspecified atom stereocenters. The van der Waals surface area contributed by atoms with Crippen LogP contribution >= 0.6 is 0 Å². The summed E-state index contributed by atoms with van der Waals surface area (Å²) in [4.78, 5) is 37.6. The van der Waals surface area contributed by atoms with Gasteiger partial charge in [0, 0.05) is 18.8 Å². The number of rotatable bonds is 4. The largest absolute Gasteiger partial charge is 0.456 e. The summed E-state index contributed by atoms with van der Waals surface area (Å²) in [6.45, 7) is 2.65. The van der Waals surface area contributed by atoms with E-state index >= 15 is 0 Å². The monoisotopic (exact) mass is 331 g/mol. The van der Waals surface area contributed by atoms with E-state index < -0.39 is 29.7 Å². The molecule has 1 fully saturated rings. The fraction of sp³-hybridized carbons (Fsp3) is 0.353. The van der Waals surface area contributed by atoms with Crippen LogP contribution in [0.2, 0.25) is 0 Å². The number of nitrogens with zero attached hydrogens (tertiary/aromatic N) is 1. The van der Waals surface area contributed by atoms with Crippen LogP contribution in [0.1, 0.15) is 24.7 Å². The molecule has 0 aromatic carbocycles. The van der Waals surface area contributed by atoms with E-state index in [1.165, 1.54) is 30.2 Å². The van der Waals surface area contributed by atoms with Crippen LogP contribution in [-0.4, -0.2) is 42.6 Å². The minimum atomic E-state index is -1.33. The molecule has 126 valence electrons. The second kappa shape index (κ2) is 6.54. The molecule has 2 aliphatic rings. The fourth-order valence-electron chi connectivity index (χ4n) is 2.50. The van der Waals surface area contributed by atoms with Gasteiger partial charge in [-0.1, -0.05) is 0 Å². The van der Waals surface area contributed by atoms with Crippen LogP contribution in [-0.2, 0) is 23.9 Å².